The van der Waals surface area contributed by atoms with Crippen molar-refractivity contribution < 1.29 is 24.2 Å². The van der Waals surface area contributed by atoms with Crippen LogP contribution < -0.4 is 0 Å². The second kappa shape index (κ2) is 26.5. The minimum Gasteiger partial charge on any atom is -0.463 e. The van der Waals surface area contributed by atoms with Crippen LogP contribution in [-0.4, -0.2) is 36.4 Å². The Balaban J connectivity index is 3.41. The van der Waals surface area contributed by atoms with E-state index in [0.29, 0.717) is 12.8 Å². The number of hydrogen-bond donors (Lipinski definition) is 1. The molecule has 0 rings (SSSR count). The fraction of sp³-hybridized carbons (Fsp3) is 0.931. The van der Waals surface area contributed by atoms with E-state index in [1.807, 2.05) is 0 Å². The van der Waals surface area contributed by atoms with E-state index in [1.54, 1.807) is 0 Å². The molecule has 5 heteroatoms. The second-order valence-corrected chi connectivity index (χ2v) is 9.88. The van der Waals surface area contributed by atoms with Gasteiger partial charge in [0.15, 0.2) is 0 Å². The summed E-state index contributed by atoms with van der Waals surface area (Å²) in [5.74, 6) is -0.567. The van der Waals surface area contributed by atoms with Crippen LogP contribution in [0.5, 0.6) is 0 Å². The molecule has 5 nitrogen and oxygen atoms in total. The lowest BCUT2D eigenvalue weighted by Gasteiger charge is -2.12. The molecule has 0 aromatic heterocycles. The first-order valence-electron chi connectivity index (χ1n) is 14.6. The Morgan fingerprint density at radius 3 is 1.06 bits per heavy atom. The number of rotatable bonds is 26. The van der Waals surface area contributed by atoms with Gasteiger partial charge >= 0.3 is 11.9 Å². The third-order valence-corrected chi connectivity index (χ3v) is 6.34. The van der Waals surface area contributed by atoms with Crippen LogP contribution in [-0.2, 0) is 19.1 Å². The fourth-order valence-corrected chi connectivity index (χ4v) is 4.08. The first-order valence-corrected chi connectivity index (χ1v) is 14.6. The maximum absolute atomic E-state index is 11.8. The summed E-state index contributed by atoms with van der Waals surface area (Å²) in [6, 6.07) is 0. The molecule has 0 spiro atoms. The van der Waals surface area contributed by atoms with Gasteiger partial charge in [-0.2, -0.15) is 0 Å². The van der Waals surface area contributed by atoms with Crippen LogP contribution in [0.15, 0.2) is 0 Å². The summed E-state index contributed by atoms with van der Waals surface area (Å²) in [7, 11) is 0. The summed E-state index contributed by atoms with van der Waals surface area (Å²) >= 11 is 0. The molecule has 0 aliphatic heterocycles. The van der Waals surface area contributed by atoms with Crippen LogP contribution in [0, 0.1) is 0 Å². The van der Waals surface area contributed by atoms with Gasteiger partial charge in [0, 0.05) is 12.8 Å². The highest BCUT2D eigenvalue weighted by Gasteiger charge is 2.12. The van der Waals surface area contributed by atoms with Crippen molar-refractivity contribution in [3.05, 3.63) is 0 Å². The monoisotopic (exact) mass is 484 g/mol. The highest BCUT2D eigenvalue weighted by Crippen LogP contribution is 2.13. The Morgan fingerprint density at radius 1 is 0.500 bits per heavy atom. The fourth-order valence-electron chi connectivity index (χ4n) is 4.08. The van der Waals surface area contributed by atoms with Gasteiger partial charge in [-0.05, 0) is 12.8 Å². The predicted octanol–water partition coefficient (Wildman–Crippen LogP) is 8.06. The van der Waals surface area contributed by atoms with Crippen LogP contribution in [0.3, 0.4) is 0 Å². The van der Waals surface area contributed by atoms with Gasteiger partial charge in [0.1, 0.15) is 19.3 Å². The Morgan fingerprint density at radius 2 is 0.765 bits per heavy atom. The quantitative estimate of drug-likeness (QED) is 0.0992. The lowest BCUT2D eigenvalue weighted by atomic mass is 10.0. The molecule has 1 atom stereocenters. The van der Waals surface area contributed by atoms with Crippen molar-refractivity contribution in [2.45, 2.75) is 161 Å². The first-order chi connectivity index (χ1) is 16.6. The SMILES string of the molecule is CCCCCCCCCCCCCCCC(=O)OCC(O)COC(=O)CCCCCCCCC. The van der Waals surface area contributed by atoms with Gasteiger partial charge in [-0.1, -0.05) is 129 Å². The van der Waals surface area contributed by atoms with Gasteiger partial charge in [0.05, 0.1) is 0 Å². The molecule has 0 saturated heterocycles. The molecule has 34 heavy (non-hydrogen) atoms. The Labute approximate surface area is 210 Å². The third kappa shape index (κ3) is 25.5. The minimum absolute atomic E-state index is 0.109. The van der Waals surface area contributed by atoms with E-state index in [1.165, 1.54) is 96.3 Å². The van der Waals surface area contributed by atoms with E-state index in [0.717, 1.165) is 32.1 Å². The summed E-state index contributed by atoms with van der Waals surface area (Å²) in [5.41, 5.74) is 0. The van der Waals surface area contributed by atoms with Crippen molar-refractivity contribution in [2.75, 3.05) is 13.2 Å². The minimum atomic E-state index is -0.950. The van der Waals surface area contributed by atoms with E-state index >= 15 is 0 Å². The van der Waals surface area contributed by atoms with E-state index < -0.39 is 6.10 Å². The summed E-state index contributed by atoms with van der Waals surface area (Å²) in [6.07, 6.45) is 24.4. The molecule has 1 unspecified atom stereocenters. The standard InChI is InChI=1S/C29H56O5/c1-3-5-7-9-11-12-13-14-15-16-18-20-22-24-29(32)34-26-27(30)25-33-28(31)23-21-19-17-10-8-6-4-2/h27,30H,3-26H2,1-2H3. The van der Waals surface area contributed by atoms with E-state index in [4.69, 9.17) is 9.47 Å². The van der Waals surface area contributed by atoms with Crippen molar-refractivity contribution in [1.29, 1.82) is 0 Å². The summed E-state index contributed by atoms with van der Waals surface area (Å²) in [5, 5.41) is 9.87. The second-order valence-electron chi connectivity index (χ2n) is 9.88. The molecular weight excluding hydrogens is 428 g/mol. The zero-order chi connectivity index (χ0) is 25.1. The predicted molar refractivity (Wildman–Crippen MR) is 141 cm³/mol. The van der Waals surface area contributed by atoms with Crippen LogP contribution >= 0.6 is 0 Å². The van der Waals surface area contributed by atoms with Crippen LogP contribution in [0.2, 0.25) is 0 Å². The molecule has 0 bridgehead atoms. The Bertz CT molecular complexity index is 452. The molecule has 0 heterocycles. The highest BCUT2D eigenvalue weighted by atomic mass is 16.6. The van der Waals surface area contributed by atoms with Crippen molar-refractivity contribution in [2.24, 2.45) is 0 Å². The molecule has 1 N–H and O–H groups in total. The number of carbonyl (C=O) groups is 2. The van der Waals surface area contributed by atoms with Gasteiger partial charge < -0.3 is 14.6 Å². The maximum Gasteiger partial charge on any atom is 0.305 e. The molecule has 0 aliphatic carbocycles. The topological polar surface area (TPSA) is 72.8 Å². The maximum atomic E-state index is 11.8. The van der Waals surface area contributed by atoms with Gasteiger partial charge in [-0.15, -0.1) is 0 Å². The van der Waals surface area contributed by atoms with Gasteiger partial charge in [-0.3, -0.25) is 9.59 Å². The number of aliphatic hydroxyl groups is 1. The molecule has 202 valence electrons. The number of unbranched alkanes of at least 4 members (excludes halogenated alkanes) is 18. The van der Waals surface area contributed by atoms with Crippen LogP contribution in [0.1, 0.15) is 155 Å². The van der Waals surface area contributed by atoms with Crippen molar-refractivity contribution in [1.82, 2.24) is 0 Å². The van der Waals surface area contributed by atoms with Gasteiger partial charge in [-0.25, -0.2) is 0 Å². The molecule has 0 aromatic carbocycles. The van der Waals surface area contributed by atoms with E-state index in [9.17, 15) is 14.7 Å². The molecule has 0 aromatic rings. The van der Waals surface area contributed by atoms with Gasteiger partial charge in [0.2, 0.25) is 0 Å². The Hall–Kier alpha value is -1.10. The number of ether oxygens (including phenoxy) is 2. The number of hydrogen-bond acceptors (Lipinski definition) is 5. The van der Waals surface area contributed by atoms with Crippen LogP contribution in [0.25, 0.3) is 0 Å². The normalized spacial score (nSPS) is 12.0. The lowest BCUT2D eigenvalue weighted by Crippen LogP contribution is -2.25. The molecule has 0 fully saturated rings. The van der Waals surface area contributed by atoms with Crippen molar-refractivity contribution >= 4 is 11.9 Å². The van der Waals surface area contributed by atoms with Gasteiger partial charge in [0.25, 0.3) is 0 Å². The van der Waals surface area contributed by atoms with Crippen molar-refractivity contribution in [3.8, 4) is 0 Å². The van der Waals surface area contributed by atoms with Crippen LogP contribution in [0.4, 0.5) is 0 Å². The average Bonchev–Trinajstić information content (AvgIpc) is 2.83. The van der Waals surface area contributed by atoms with Crippen molar-refractivity contribution in [3.63, 3.8) is 0 Å². The van der Waals surface area contributed by atoms with E-state index in [-0.39, 0.29) is 25.2 Å². The lowest BCUT2D eigenvalue weighted by molar-refractivity contribution is -0.152. The number of carbonyl (C=O) groups excluding carboxylic acids is 2. The first kappa shape index (κ1) is 32.9. The molecular formula is C29H56O5. The summed E-state index contributed by atoms with van der Waals surface area (Å²) < 4.78 is 10.2. The number of aliphatic hydroxyl groups excluding tert-OH is 1. The molecule has 0 saturated carbocycles. The van der Waals surface area contributed by atoms with E-state index in [2.05, 4.69) is 13.8 Å². The zero-order valence-electron chi connectivity index (χ0n) is 22.6. The molecule has 0 radical (unpaired) electrons. The number of esters is 2. The average molecular weight is 485 g/mol. The summed E-state index contributed by atoms with van der Waals surface area (Å²) in [6.45, 7) is 4.24. The Kier molecular flexibility index (Phi) is 25.6. The third-order valence-electron chi connectivity index (χ3n) is 6.34. The summed E-state index contributed by atoms with van der Waals surface area (Å²) in [4.78, 5) is 23.5. The molecule has 0 aliphatic rings. The zero-order valence-corrected chi connectivity index (χ0v) is 22.6. The smallest absolute Gasteiger partial charge is 0.305 e. The largest absolute Gasteiger partial charge is 0.463 e. The highest BCUT2D eigenvalue weighted by molar-refractivity contribution is 5.69. The molecule has 0 amide bonds.